The summed E-state index contributed by atoms with van der Waals surface area (Å²) < 4.78 is 27.3. The van der Waals surface area contributed by atoms with E-state index in [9.17, 15) is 8.42 Å². The van der Waals surface area contributed by atoms with Crippen molar-refractivity contribution in [2.45, 2.75) is 18.6 Å². The molecule has 0 aromatic heterocycles. The van der Waals surface area contributed by atoms with Crippen molar-refractivity contribution in [3.8, 4) is 6.07 Å². The van der Waals surface area contributed by atoms with Gasteiger partial charge in [0, 0.05) is 12.9 Å². The van der Waals surface area contributed by atoms with Crippen LogP contribution in [0.2, 0.25) is 0 Å². The summed E-state index contributed by atoms with van der Waals surface area (Å²) in [6, 6.07) is 2.04. The number of hydrogen-bond acceptors (Lipinski definition) is 4. The lowest BCUT2D eigenvalue weighted by molar-refractivity contribution is 0.119. The van der Waals surface area contributed by atoms with Gasteiger partial charge in [-0.15, -0.1) is 0 Å². The Morgan fingerprint density at radius 1 is 1.69 bits per heavy atom. The summed E-state index contributed by atoms with van der Waals surface area (Å²) in [6.45, 7) is 2.57. The molecule has 4 nitrogen and oxygen atoms in total. The average molecular weight is 203 g/mol. The zero-order valence-electron chi connectivity index (χ0n) is 7.78. The van der Waals surface area contributed by atoms with Gasteiger partial charge in [0.25, 0.3) is 0 Å². The highest BCUT2D eigenvalue weighted by atomic mass is 32.2. The fourth-order valence-electron chi connectivity index (χ4n) is 1.42. The highest BCUT2D eigenvalue weighted by Crippen LogP contribution is 2.50. The van der Waals surface area contributed by atoms with Crippen molar-refractivity contribution in [3.05, 3.63) is 0 Å². The minimum Gasteiger partial charge on any atom is -0.380 e. The van der Waals surface area contributed by atoms with Crippen LogP contribution >= 0.6 is 0 Å². The van der Waals surface area contributed by atoms with Crippen LogP contribution in [-0.4, -0.2) is 33.1 Å². The van der Waals surface area contributed by atoms with Gasteiger partial charge in [-0.2, -0.15) is 5.26 Å². The molecule has 13 heavy (non-hydrogen) atoms. The van der Waals surface area contributed by atoms with E-state index in [1.165, 1.54) is 6.26 Å². The van der Waals surface area contributed by atoms with Crippen LogP contribution in [0.15, 0.2) is 0 Å². The third-order valence-electron chi connectivity index (χ3n) is 2.31. The number of rotatable bonds is 4. The van der Waals surface area contributed by atoms with Crippen LogP contribution in [0.4, 0.5) is 0 Å². The van der Waals surface area contributed by atoms with Gasteiger partial charge in [-0.25, -0.2) is 8.42 Å². The summed E-state index contributed by atoms with van der Waals surface area (Å²) in [5, 5.41) is 8.31. The van der Waals surface area contributed by atoms with Crippen LogP contribution in [0.25, 0.3) is 0 Å². The smallest absolute Gasteiger partial charge is 0.152 e. The molecule has 1 aliphatic rings. The minimum atomic E-state index is -3.08. The van der Waals surface area contributed by atoms with E-state index in [1.807, 2.05) is 13.0 Å². The summed E-state index contributed by atoms with van der Waals surface area (Å²) in [7, 11) is -3.08. The van der Waals surface area contributed by atoms with Gasteiger partial charge in [-0.1, -0.05) is 0 Å². The molecule has 1 fully saturated rings. The normalized spacial score (nSPS) is 32.5. The van der Waals surface area contributed by atoms with Gasteiger partial charge >= 0.3 is 0 Å². The van der Waals surface area contributed by atoms with Crippen molar-refractivity contribution in [1.82, 2.24) is 0 Å². The van der Waals surface area contributed by atoms with Gasteiger partial charge in [-0.05, 0) is 13.3 Å². The van der Waals surface area contributed by atoms with Crippen molar-refractivity contribution < 1.29 is 13.2 Å². The molecule has 5 heteroatoms. The zero-order chi connectivity index (χ0) is 10.1. The van der Waals surface area contributed by atoms with E-state index < -0.39 is 20.5 Å². The van der Waals surface area contributed by atoms with Gasteiger partial charge < -0.3 is 4.74 Å². The topological polar surface area (TPSA) is 67.2 Å². The zero-order valence-corrected chi connectivity index (χ0v) is 8.60. The third kappa shape index (κ3) is 2.01. The minimum absolute atomic E-state index is 0.234. The first-order valence-electron chi connectivity index (χ1n) is 4.14. The van der Waals surface area contributed by atoms with Crippen molar-refractivity contribution in [2.24, 2.45) is 5.41 Å². The predicted octanol–water partition coefficient (Wildman–Crippen LogP) is 0.350. The average Bonchev–Trinajstić information content (AvgIpc) is 2.76. The standard InChI is InChI=1S/C8H13NO3S/c1-3-12-6-8(5-9)4-7(8)13(2,10)11/h7H,3-4,6H2,1-2H3/t7-,8-/m1/s1. The molecule has 0 heterocycles. The van der Waals surface area contributed by atoms with Crippen LogP contribution in [-0.2, 0) is 14.6 Å². The number of hydrogen-bond donors (Lipinski definition) is 0. The lowest BCUT2D eigenvalue weighted by Crippen LogP contribution is -2.18. The van der Waals surface area contributed by atoms with Gasteiger partial charge in [-0.3, -0.25) is 0 Å². The maximum Gasteiger partial charge on any atom is 0.152 e. The Morgan fingerprint density at radius 2 is 2.31 bits per heavy atom. The van der Waals surface area contributed by atoms with E-state index in [4.69, 9.17) is 10.00 Å². The van der Waals surface area contributed by atoms with Crippen LogP contribution in [0.1, 0.15) is 13.3 Å². The SMILES string of the molecule is CCOC[C@]1(C#N)C[C@H]1S(C)(=O)=O. The Morgan fingerprint density at radius 3 is 2.62 bits per heavy atom. The molecule has 0 N–H and O–H groups in total. The van der Waals surface area contributed by atoms with E-state index in [-0.39, 0.29) is 6.61 Å². The molecule has 0 aromatic rings. The van der Waals surface area contributed by atoms with Crippen molar-refractivity contribution in [2.75, 3.05) is 19.5 Å². The molecule has 0 spiro atoms. The first kappa shape index (κ1) is 10.5. The number of nitrogens with zero attached hydrogens (tertiary/aromatic N) is 1. The van der Waals surface area contributed by atoms with Crippen LogP contribution < -0.4 is 0 Å². The Bertz CT molecular complexity index is 330. The maximum atomic E-state index is 11.1. The Labute approximate surface area is 78.4 Å². The quantitative estimate of drug-likeness (QED) is 0.661. The highest BCUT2D eigenvalue weighted by molar-refractivity contribution is 7.91. The molecule has 0 amide bonds. The van der Waals surface area contributed by atoms with Gasteiger partial charge in [0.2, 0.25) is 0 Å². The molecule has 0 unspecified atom stereocenters. The fourth-order valence-corrected chi connectivity index (χ4v) is 2.96. The van der Waals surface area contributed by atoms with E-state index in [0.29, 0.717) is 13.0 Å². The molecule has 1 aliphatic carbocycles. The number of nitriles is 1. The molecule has 0 radical (unpaired) electrons. The van der Waals surface area contributed by atoms with Gasteiger partial charge in [0.05, 0.1) is 23.3 Å². The highest BCUT2D eigenvalue weighted by Gasteiger charge is 2.60. The maximum absolute atomic E-state index is 11.1. The summed E-state index contributed by atoms with van der Waals surface area (Å²) in [6.07, 6.45) is 1.59. The number of ether oxygens (including phenoxy) is 1. The van der Waals surface area contributed by atoms with Crippen LogP contribution in [0, 0.1) is 16.7 Å². The van der Waals surface area contributed by atoms with Gasteiger partial charge in [0.1, 0.15) is 0 Å². The number of sulfone groups is 1. The summed E-state index contributed by atoms with van der Waals surface area (Å²) in [5.41, 5.74) is -0.760. The Kier molecular flexibility index (Phi) is 2.64. The van der Waals surface area contributed by atoms with Crippen LogP contribution in [0.5, 0.6) is 0 Å². The van der Waals surface area contributed by atoms with Crippen molar-refractivity contribution >= 4 is 9.84 Å². The van der Waals surface area contributed by atoms with E-state index in [2.05, 4.69) is 0 Å². The molecule has 0 aromatic carbocycles. The Balaban J connectivity index is 2.66. The molecular formula is C8H13NO3S. The molecule has 74 valence electrons. The molecule has 1 saturated carbocycles. The Hall–Kier alpha value is -0.600. The van der Waals surface area contributed by atoms with Crippen molar-refractivity contribution in [1.29, 1.82) is 5.26 Å². The molecule has 1 rings (SSSR count). The summed E-state index contributed by atoms with van der Waals surface area (Å²) in [5.74, 6) is 0. The molecule has 2 atom stereocenters. The first-order valence-corrected chi connectivity index (χ1v) is 6.09. The van der Waals surface area contributed by atoms with E-state index in [0.717, 1.165) is 0 Å². The largest absolute Gasteiger partial charge is 0.380 e. The molecule has 0 saturated heterocycles. The van der Waals surface area contributed by atoms with Crippen molar-refractivity contribution in [3.63, 3.8) is 0 Å². The molecular weight excluding hydrogens is 190 g/mol. The molecule has 0 aliphatic heterocycles. The monoisotopic (exact) mass is 203 g/mol. The summed E-state index contributed by atoms with van der Waals surface area (Å²) in [4.78, 5) is 0. The summed E-state index contributed by atoms with van der Waals surface area (Å²) >= 11 is 0. The second kappa shape index (κ2) is 3.28. The third-order valence-corrected chi connectivity index (χ3v) is 3.96. The lowest BCUT2D eigenvalue weighted by atomic mass is 10.1. The predicted molar refractivity (Wildman–Crippen MR) is 47.8 cm³/mol. The second-order valence-corrected chi connectivity index (χ2v) is 5.66. The second-order valence-electron chi connectivity index (χ2n) is 3.43. The molecule has 0 bridgehead atoms. The van der Waals surface area contributed by atoms with E-state index in [1.54, 1.807) is 0 Å². The fraction of sp³-hybridized carbons (Fsp3) is 0.875. The first-order chi connectivity index (χ1) is 5.96. The van der Waals surface area contributed by atoms with E-state index >= 15 is 0 Å². The van der Waals surface area contributed by atoms with Gasteiger partial charge in [0.15, 0.2) is 9.84 Å². The van der Waals surface area contributed by atoms with Crippen LogP contribution in [0.3, 0.4) is 0 Å². The lowest BCUT2D eigenvalue weighted by Gasteiger charge is -2.06.